The van der Waals surface area contributed by atoms with Crippen molar-refractivity contribution in [2.45, 2.75) is 24.7 Å². The number of piperidine rings is 1. The van der Waals surface area contributed by atoms with Crippen LogP contribution in [0.25, 0.3) is 0 Å². The first-order chi connectivity index (χ1) is 12.5. The maximum absolute atomic E-state index is 13.0. The summed E-state index contributed by atoms with van der Waals surface area (Å²) < 4.78 is 38.6. The Morgan fingerprint density at radius 3 is 2.77 bits per heavy atom. The van der Waals surface area contributed by atoms with Crippen LogP contribution in [0, 0.1) is 12.8 Å². The van der Waals surface area contributed by atoms with E-state index in [0.717, 1.165) is 18.5 Å². The second-order valence-corrected chi connectivity index (χ2v) is 8.36. The summed E-state index contributed by atoms with van der Waals surface area (Å²) in [6, 6.07) is 12.4. The largest absolute Gasteiger partial charge is 0.495 e. The van der Waals surface area contributed by atoms with Crippen molar-refractivity contribution >= 4 is 10.0 Å². The number of methoxy groups -OCH3 is 1. The molecule has 0 radical (unpaired) electrons. The standard InChI is InChI=1S/C19H24N2O4S/c1-15-7-5-11-19(20-15)25-14-16-8-6-12-21(13-16)26(22,23)18-10-4-3-9-17(18)24-2/h3-5,7,9-11,16H,6,8,12-14H2,1-2H3. The third-order valence-electron chi connectivity index (χ3n) is 4.50. The molecule has 3 rings (SSSR count). The molecule has 6 nitrogen and oxygen atoms in total. The number of sulfonamides is 1. The summed E-state index contributed by atoms with van der Waals surface area (Å²) in [5.41, 5.74) is 0.895. The summed E-state index contributed by atoms with van der Waals surface area (Å²) in [7, 11) is -2.11. The Morgan fingerprint density at radius 2 is 2.00 bits per heavy atom. The molecule has 1 aromatic heterocycles. The molecular weight excluding hydrogens is 352 g/mol. The molecule has 0 spiro atoms. The zero-order chi connectivity index (χ0) is 18.6. The quantitative estimate of drug-likeness (QED) is 0.775. The van der Waals surface area contributed by atoms with E-state index in [1.165, 1.54) is 11.4 Å². The van der Waals surface area contributed by atoms with Gasteiger partial charge in [-0.2, -0.15) is 4.31 Å². The van der Waals surface area contributed by atoms with Crippen LogP contribution in [0.5, 0.6) is 11.6 Å². The van der Waals surface area contributed by atoms with Gasteiger partial charge in [0.25, 0.3) is 0 Å². The number of rotatable bonds is 6. The van der Waals surface area contributed by atoms with E-state index < -0.39 is 10.0 Å². The maximum Gasteiger partial charge on any atom is 0.246 e. The fourth-order valence-electron chi connectivity index (χ4n) is 3.15. The molecule has 0 bridgehead atoms. The number of nitrogens with zero attached hydrogens (tertiary/aromatic N) is 2. The first-order valence-electron chi connectivity index (χ1n) is 8.70. The van der Waals surface area contributed by atoms with Crippen LogP contribution < -0.4 is 9.47 Å². The molecule has 0 saturated carbocycles. The molecule has 1 aromatic carbocycles. The SMILES string of the molecule is COc1ccccc1S(=O)(=O)N1CCCC(COc2cccc(C)n2)C1. The summed E-state index contributed by atoms with van der Waals surface area (Å²) in [5.74, 6) is 1.08. The van der Waals surface area contributed by atoms with Gasteiger partial charge in [0.05, 0.1) is 13.7 Å². The second kappa shape index (κ2) is 8.05. The molecule has 1 aliphatic heterocycles. The summed E-state index contributed by atoms with van der Waals surface area (Å²) in [6.45, 7) is 3.31. The average molecular weight is 376 g/mol. The number of hydrogen-bond donors (Lipinski definition) is 0. The molecule has 7 heteroatoms. The van der Waals surface area contributed by atoms with E-state index in [1.807, 2.05) is 25.1 Å². The minimum Gasteiger partial charge on any atom is -0.495 e. The lowest BCUT2D eigenvalue weighted by Crippen LogP contribution is -2.41. The lowest BCUT2D eigenvalue weighted by atomic mass is 10.0. The Bertz CT molecular complexity index is 854. The van der Waals surface area contributed by atoms with Crippen LogP contribution >= 0.6 is 0 Å². The van der Waals surface area contributed by atoms with Crippen molar-refractivity contribution in [1.82, 2.24) is 9.29 Å². The van der Waals surface area contributed by atoms with Gasteiger partial charge in [-0.3, -0.25) is 0 Å². The van der Waals surface area contributed by atoms with Crippen molar-refractivity contribution in [3.05, 3.63) is 48.2 Å². The van der Waals surface area contributed by atoms with Gasteiger partial charge in [-0.1, -0.05) is 18.2 Å². The van der Waals surface area contributed by atoms with Gasteiger partial charge in [-0.15, -0.1) is 0 Å². The highest BCUT2D eigenvalue weighted by atomic mass is 32.2. The van der Waals surface area contributed by atoms with E-state index in [-0.39, 0.29) is 10.8 Å². The van der Waals surface area contributed by atoms with Crippen LogP contribution in [0.1, 0.15) is 18.5 Å². The number of aryl methyl sites for hydroxylation is 1. The summed E-state index contributed by atoms with van der Waals surface area (Å²) in [6.07, 6.45) is 1.74. The molecule has 1 aliphatic rings. The molecular formula is C19H24N2O4S. The topological polar surface area (TPSA) is 68.7 Å². The highest BCUT2D eigenvalue weighted by Crippen LogP contribution is 2.29. The number of para-hydroxylation sites is 1. The van der Waals surface area contributed by atoms with Gasteiger partial charge in [0.15, 0.2) is 0 Å². The van der Waals surface area contributed by atoms with E-state index in [0.29, 0.717) is 31.3 Å². The van der Waals surface area contributed by atoms with Crippen LogP contribution in [-0.4, -0.2) is 44.5 Å². The molecule has 1 atom stereocenters. The third kappa shape index (κ3) is 4.16. The van der Waals surface area contributed by atoms with Crippen LogP contribution in [0.15, 0.2) is 47.4 Å². The minimum atomic E-state index is -3.59. The first-order valence-corrected chi connectivity index (χ1v) is 10.1. The van der Waals surface area contributed by atoms with Gasteiger partial charge >= 0.3 is 0 Å². The third-order valence-corrected chi connectivity index (χ3v) is 6.40. The number of aromatic nitrogens is 1. The highest BCUT2D eigenvalue weighted by molar-refractivity contribution is 7.89. The van der Waals surface area contributed by atoms with Crippen molar-refractivity contribution in [2.75, 3.05) is 26.8 Å². The predicted molar refractivity (Wildman–Crippen MR) is 98.9 cm³/mol. The number of ether oxygens (including phenoxy) is 2. The van der Waals surface area contributed by atoms with Crippen LogP contribution in [0.3, 0.4) is 0 Å². The fourth-order valence-corrected chi connectivity index (χ4v) is 4.86. The Balaban J connectivity index is 1.69. The van der Waals surface area contributed by atoms with Gasteiger partial charge in [-0.05, 0) is 38.0 Å². The maximum atomic E-state index is 13.0. The van der Waals surface area contributed by atoms with E-state index in [9.17, 15) is 8.42 Å². The van der Waals surface area contributed by atoms with Gasteiger partial charge in [0, 0.05) is 30.8 Å². The molecule has 2 heterocycles. The highest BCUT2D eigenvalue weighted by Gasteiger charge is 2.32. The summed E-state index contributed by atoms with van der Waals surface area (Å²) in [4.78, 5) is 4.54. The number of hydrogen-bond acceptors (Lipinski definition) is 5. The first kappa shape index (κ1) is 18.7. The van der Waals surface area contributed by atoms with E-state index in [2.05, 4.69) is 4.98 Å². The number of pyridine rings is 1. The molecule has 0 aliphatic carbocycles. The van der Waals surface area contributed by atoms with Gasteiger partial charge < -0.3 is 9.47 Å². The second-order valence-electron chi connectivity index (χ2n) is 6.45. The Hall–Kier alpha value is -2.12. The Morgan fingerprint density at radius 1 is 1.19 bits per heavy atom. The van der Waals surface area contributed by atoms with Crippen LogP contribution in [0.2, 0.25) is 0 Å². The zero-order valence-corrected chi connectivity index (χ0v) is 15.9. The smallest absolute Gasteiger partial charge is 0.246 e. The van der Waals surface area contributed by atoms with Crippen molar-refractivity contribution in [2.24, 2.45) is 5.92 Å². The lowest BCUT2D eigenvalue weighted by molar-refractivity contribution is 0.176. The zero-order valence-electron chi connectivity index (χ0n) is 15.1. The van der Waals surface area contributed by atoms with Crippen molar-refractivity contribution < 1.29 is 17.9 Å². The van der Waals surface area contributed by atoms with Gasteiger partial charge in [0.1, 0.15) is 10.6 Å². The predicted octanol–water partition coefficient (Wildman–Crippen LogP) is 2.88. The normalized spacial score (nSPS) is 18.5. The fraction of sp³-hybridized carbons (Fsp3) is 0.421. The Labute approximate surface area is 154 Å². The van der Waals surface area contributed by atoms with Crippen molar-refractivity contribution in [1.29, 1.82) is 0 Å². The van der Waals surface area contributed by atoms with Crippen LogP contribution in [-0.2, 0) is 10.0 Å². The van der Waals surface area contributed by atoms with Gasteiger partial charge in [0.2, 0.25) is 15.9 Å². The van der Waals surface area contributed by atoms with Crippen LogP contribution in [0.4, 0.5) is 0 Å². The molecule has 1 unspecified atom stereocenters. The van der Waals surface area contributed by atoms with Gasteiger partial charge in [-0.25, -0.2) is 13.4 Å². The molecule has 0 amide bonds. The van der Waals surface area contributed by atoms with E-state index in [4.69, 9.17) is 9.47 Å². The summed E-state index contributed by atoms with van der Waals surface area (Å²) in [5, 5.41) is 0. The molecule has 1 saturated heterocycles. The monoisotopic (exact) mass is 376 g/mol. The van der Waals surface area contributed by atoms with E-state index in [1.54, 1.807) is 24.3 Å². The average Bonchev–Trinajstić information content (AvgIpc) is 2.66. The Kier molecular flexibility index (Phi) is 5.78. The van der Waals surface area contributed by atoms with E-state index >= 15 is 0 Å². The van der Waals surface area contributed by atoms with Crippen molar-refractivity contribution in [3.63, 3.8) is 0 Å². The molecule has 140 valence electrons. The van der Waals surface area contributed by atoms with Crippen molar-refractivity contribution in [3.8, 4) is 11.6 Å². The molecule has 1 fully saturated rings. The molecule has 26 heavy (non-hydrogen) atoms. The summed E-state index contributed by atoms with van der Waals surface area (Å²) >= 11 is 0. The molecule has 0 N–H and O–H groups in total. The number of benzene rings is 1. The molecule has 2 aromatic rings. The lowest BCUT2D eigenvalue weighted by Gasteiger charge is -2.32. The minimum absolute atomic E-state index is 0.135.